The number of rotatable bonds is 5. The molecule has 6 nitrogen and oxygen atoms in total. The van der Waals surface area contributed by atoms with Gasteiger partial charge in [-0.15, -0.1) is 0 Å². The summed E-state index contributed by atoms with van der Waals surface area (Å²) in [6.07, 6.45) is 2.27. The molecule has 0 unspecified atom stereocenters. The lowest BCUT2D eigenvalue weighted by Gasteiger charge is -2.13. The van der Waals surface area contributed by atoms with Crippen LogP contribution in [0.1, 0.15) is 24.6 Å². The minimum atomic E-state index is 0.451. The molecule has 0 amide bonds. The predicted octanol–water partition coefficient (Wildman–Crippen LogP) is 2.70. The minimum absolute atomic E-state index is 0.451. The Morgan fingerprint density at radius 2 is 1.95 bits per heavy atom. The number of aromatic nitrogens is 2. The summed E-state index contributed by atoms with van der Waals surface area (Å²) in [4.78, 5) is 8.80. The molecule has 2 aromatic rings. The van der Waals surface area contributed by atoms with Gasteiger partial charge in [-0.05, 0) is 25.0 Å². The van der Waals surface area contributed by atoms with E-state index in [1.165, 1.54) is 0 Å². The average molecular weight is 286 g/mol. The molecule has 0 bridgehead atoms. The summed E-state index contributed by atoms with van der Waals surface area (Å²) in [5.74, 6) is 3.82. The van der Waals surface area contributed by atoms with Crippen LogP contribution in [-0.4, -0.2) is 24.2 Å². The third kappa shape index (κ3) is 2.99. The molecule has 1 saturated carbocycles. The first-order valence-corrected chi connectivity index (χ1v) is 6.83. The Morgan fingerprint density at radius 3 is 2.62 bits per heavy atom. The van der Waals surface area contributed by atoms with Gasteiger partial charge in [-0.1, -0.05) is 0 Å². The lowest BCUT2D eigenvalue weighted by molar-refractivity contribution is 0.395. The third-order valence-corrected chi connectivity index (χ3v) is 3.38. The number of benzene rings is 1. The van der Waals surface area contributed by atoms with E-state index in [-0.39, 0.29) is 0 Å². The van der Waals surface area contributed by atoms with Gasteiger partial charge >= 0.3 is 0 Å². The van der Waals surface area contributed by atoms with E-state index in [4.69, 9.17) is 15.2 Å². The fourth-order valence-corrected chi connectivity index (χ4v) is 2.11. The molecule has 0 saturated heterocycles. The summed E-state index contributed by atoms with van der Waals surface area (Å²) in [5.41, 5.74) is 6.66. The molecular formula is C15H18N4O2. The number of hydrogen-bond donors (Lipinski definition) is 2. The molecule has 6 heteroatoms. The third-order valence-electron chi connectivity index (χ3n) is 3.38. The monoisotopic (exact) mass is 286 g/mol. The Morgan fingerprint density at radius 1 is 1.14 bits per heavy atom. The van der Waals surface area contributed by atoms with E-state index in [0.717, 1.165) is 30.1 Å². The molecule has 1 aromatic carbocycles. The molecule has 1 fully saturated rings. The average Bonchev–Trinajstić information content (AvgIpc) is 3.31. The Bertz CT molecular complexity index is 656. The summed E-state index contributed by atoms with van der Waals surface area (Å²) in [6, 6.07) is 7.27. The summed E-state index contributed by atoms with van der Waals surface area (Å²) in [6.45, 7) is 0. The maximum Gasteiger partial charge on any atom is 0.146 e. The summed E-state index contributed by atoms with van der Waals surface area (Å²) in [5, 5.41) is 3.23. The Kier molecular flexibility index (Phi) is 3.51. The number of hydrogen-bond acceptors (Lipinski definition) is 6. The molecule has 21 heavy (non-hydrogen) atoms. The van der Waals surface area contributed by atoms with Crippen molar-refractivity contribution in [2.24, 2.45) is 0 Å². The van der Waals surface area contributed by atoms with E-state index in [9.17, 15) is 0 Å². The molecule has 110 valence electrons. The molecule has 0 aliphatic heterocycles. The summed E-state index contributed by atoms with van der Waals surface area (Å²) < 4.78 is 10.5. The SMILES string of the molecule is COc1ccc(Nc2cc(N)nc(C3CC3)n2)c(OC)c1. The second kappa shape index (κ2) is 5.47. The molecule has 1 aliphatic carbocycles. The molecular weight excluding hydrogens is 268 g/mol. The highest BCUT2D eigenvalue weighted by Gasteiger charge is 2.27. The van der Waals surface area contributed by atoms with Gasteiger partial charge < -0.3 is 20.5 Å². The van der Waals surface area contributed by atoms with E-state index in [2.05, 4.69) is 15.3 Å². The lowest BCUT2D eigenvalue weighted by atomic mass is 10.2. The molecule has 1 aliphatic rings. The number of methoxy groups -OCH3 is 2. The van der Waals surface area contributed by atoms with Crippen LogP contribution in [0.15, 0.2) is 24.3 Å². The smallest absolute Gasteiger partial charge is 0.146 e. The van der Waals surface area contributed by atoms with Gasteiger partial charge in [-0.25, -0.2) is 9.97 Å². The zero-order chi connectivity index (χ0) is 14.8. The fourth-order valence-electron chi connectivity index (χ4n) is 2.11. The van der Waals surface area contributed by atoms with E-state index < -0.39 is 0 Å². The van der Waals surface area contributed by atoms with Crippen LogP contribution in [0.2, 0.25) is 0 Å². The van der Waals surface area contributed by atoms with Crippen LogP contribution in [0, 0.1) is 0 Å². The van der Waals surface area contributed by atoms with Crippen molar-refractivity contribution in [2.45, 2.75) is 18.8 Å². The number of nitrogens with two attached hydrogens (primary N) is 1. The van der Waals surface area contributed by atoms with Crippen LogP contribution in [0.5, 0.6) is 11.5 Å². The van der Waals surface area contributed by atoms with Crippen molar-refractivity contribution >= 4 is 17.3 Å². The quantitative estimate of drug-likeness (QED) is 0.879. The van der Waals surface area contributed by atoms with Gasteiger partial charge in [0.2, 0.25) is 0 Å². The molecule has 3 N–H and O–H groups in total. The van der Waals surface area contributed by atoms with Crippen LogP contribution in [0.25, 0.3) is 0 Å². The van der Waals surface area contributed by atoms with Gasteiger partial charge in [0.15, 0.2) is 0 Å². The van der Waals surface area contributed by atoms with Crippen LogP contribution in [0.3, 0.4) is 0 Å². The zero-order valence-corrected chi connectivity index (χ0v) is 12.1. The fraction of sp³-hybridized carbons (Fsp3) is 0.333. The van der Waals surface area contributed by atoms with Gasteiger partial charge in [0, 0.05) is 18.1 Å². The molecule has 1 heterocycles. The van der Waals surface area contributed by atoms with Crippen molar-refractivity contribution in [1.82, 2.24) is 9.97 Å². The molecule has 0 atom stereocenters. The highest BCUT2D eigenvalue weighted by atomic mass is 16.5. The van der Waals surface area contributed by atoms with Crippen LogP contribution in [-0.2, 0) is 0 Å². The molecule has 0 radical (unpaired) electrons. The van der Waals surface area contributed by atoms with Gasteiger partial charge in [0.25, 0.3) is 0 Å². The van der Waals surface area contributed by atoms with Crippen molar-refractivity contribution in [3.05, 3.63) is 30.1 Å². The number of ether oxygens (including phenoxy) is 2. The second-order valence-electron chi connectivity index (χ2n) is 5.00. The first-order valence-electron chi connectivity index (χ1n) is 6.83. The first kappa shape index (κ1) is 13.5. The Hall–Kier alpha value is -2.50. The molecule has 0 spiro atoms. The van der Waals surface area contributed by atoms with E-state index in [1.54, 1.807) is 20.3 Å². The standard InChI is InChI=1S/C15H18N4O2/c1-20-10-5-6-11(12(7-10)21-2)17-14-8-13(16)18-15(19-14)9-3-4-9/h5-9H,3-4H2,1-2H3,(H3,16,17,18,19). The van der Waals surface area contributed by atoms with Gasteiger partial charge in [-0.3, -0.25) is 0 Å². The van der Waals surface area contributed by atoms with Crippen LogP contribution in [0.4, 0.5) is 17.3 Å². The van der Waals surface area contributed by atoms with Crippen molar-refractivity contribution in [3.63, 3.8) is 0 Å². The second-order valence-corrected chi connectivity index (χ2v) is 5.00. The zero-order valence-electron chi connectivity index (χ0n) is 12.1. The van der Waals surface area contributed by atoms with Crippen molar-refractivity contribution < 1.29 is 9.47 Å². The normalized spacial score (nSPS) is 13.8. The highest BCUT2D eigenvalue weighted by molar-refractivity contribution is 5.66. The van der Waals surface area contributed by atoms with E-state index >= 15 is 0 Å². The van der Waals surface area contributed by atoms with Crippen molar-refractivity contribution in [2.75, 3.05) is 25.3 Å². The number of nitrogens with zero attached hydrogens (tertiary/aromatic N) is 2. The molecule has 3 rings (SSSR count). The van der Waals surface area contributed by atoms with Crippen LogP contribution >= 0.6 is 0 Å². The maximum absolute atomic E-state index is 5.85. The number of nitrogen functional groups attached to an aromatic ring is 1. The summed E-state index contributed by atoms with van der Waals surface area (Å²) in [7, 11) is 3.23. The van der Waals surface area contributed by atoms with Crippen molar-refractivity contribution in [3.8, 4) is 11.5 Å². The minimum Gasteiger partial charge on any atom is -0.497 e. The van der Waals surface area contributed by atoms with Gasteiger partial charge in [0.1, 0.15) is 29.0 Å². The van der Waals surface area contributed by atoms with E-state index in [1.807, 2.05) is 18.2 Å². The first-order chi connectivity index (χ1) is 10.2. The number of anilines is 3. The largest absolute Gasteiger partial charge is 0.497 e. The van der Waals surface area contributed by atoms with Gasteiger partial charge in [0.05, 0.1) is 19.9 Å². The number of nitrogens with one attached hydrogen (secondary N) is 1. The van der Waals surface area contributed by atoms with E-state index in [0.29, 0.717) is 23.3 Å². The topological polar surface area (TPSA) is 82.3 Å². The predicted molar refractivity (Wildman–Crippen MR) is 81.2 cm³/mol. The molecule has 1 aromatic heterocycles. The lowest BCUT2D eigenvalue weighted by Crippen LogP contribution is -2.03. The Balaban J connectivity index is 1.89. The Labute approximate surface area is 123 Å². The summed E-state index contributed by atoms with van der Waals surface area (Å²) >= 11 is 0. The van der Waals surface area contributed by atoms with Gasteiger partial charge in [-0.2, -0.15) is 0 Å². The maximum atomic E-state index is 5.85. The van der Waals surface area contributed by atoms with Crippen LogP contribution < -0.4 is 20.5 Å². The highest BCUT2D eigenvalue weighted by Crippen LogP contribution is 2.39. The van der Waals surface area contributed by atoms with Crippen molar-refractivity contribution in [1.29, 1.82) is 0 Å².